The summed E-state index contributed by atoms with van der Waals surface area (Å²) in [6, 6.07) is 1.48. The molecule has 0 aliphatic carbocycles. The van der Waals surface area contributed by atoms with Crippen molar-refractivity contribution in [2.75, 3.05) is 13.1 Å². The molecule has 2 atom stereocenters. The van der Waals surface area contributed by atoms with Gasteiger partial charge in [0.1, 0.15) is 5.69 Å². The normalized spacial score (nSPS) is 22.4. The van der Waals surface area contributed by atoms with E-state index in [2.05, 4.69) is 10.2 Å². The molecule has 1 fully saturated rings. The monoisotopic (exact) mass is 319 g/mol. The second kappa shape index (κ2) is 5.62. The second-order valence-electron chi connectivity index (χ2n) is 5.67. The summed E-state index contributed by atoms with van der Waals surface area (Å²) in [4.78, 5) is 24.1. The van der Waals surface area contributed by atoms with Crippen molar-refractivity contribution in [1.82, 2.24) is 15.1 Å². The number of H-pyrrole nitrogens is 1. The Bertz CT molecular complexity index is 583. The fourth-order valence-corrected chi connectivity index (χ4v) is 2.46. The topological polar surface area (TPSA) is 86.3 Å². The molecular weight excluding hydrogens is 303 g/mol. The van der Waals surface area contributed by atoms with E-state index in [0.29, 0.717) is 5.69 Å². The number of carboxylic acids is 1. The zero-order valence-electron chi connectivity index (χ0n) is 12.0. The van der Waals surface area contributed by atoms with Crippen LogP contribution in [0.25, 0.3) is 0 Å². The van der Waals surface area contributed by atoms with Gasteiger partial charge < -0.3 is 10.0 Å². The maximum atomic E-state index is 12.9. The van der Waals surface area contributed by atoms with Gasteiger partial charge in [-0.25, -0.2) is 0 Å². The van der Waals surface area contributed by atoms with Crippen LogP contribution in [0.1, 0.15) is 35.9 Å². The van der Waals surface area contributed by atoms with Crippen LogP contribution in [0.5, 0.6) is 0 Å². The highest BCUT2D eigenvalue weighted by Gasteiger charge is 2.53. The lowest BCUT2D eigenvalue weighted by Gasteiger charge is -2.17. The predicted molar refractivity (Wildman–Crippen MR) is 69.3 cm³/mol. The van der Waals surface area contributed by atoms with Gasteiger partial charge in [-0.3, -0.25) is 14.7 Å². The first kappa shape index (κ1) is 16.3. The average Bonchev–Trinajstić information content (AvgIpc) is 3.04. The quantitative estimate of drug-likeness (QED) is 0.890. The second-order valence-corrected chi connectivity index (χ2v) is 5.67. The fourth-order valence-electron chi connectivity index (χ4n) is 2.46. The SMILES string of the molecule is CC(C)c1cc(C(=O)N2C[C@@H](C(F)(F)F)[C@H](C(=O)O)C2)n[nH]1. The lowest BCUT2D eigenvalue weighted by molar-refractivity contribution is -0.187. The van der Waals surface area contributed by atoms with E-state index in [1.54, 1.807) is 0 Å². The Labute approximate surface area is 124 Å². The van der Waals surface area contributed by atoms with Crippen molar-refractivity contribution in [2.24, 2.45) is 11.8 Å². The maximum absolute atomic E-state index is 12.9. The molecule has 1 amide bonds. The van der Waals surface area contributed by atoms with Crippen molar-refractivity contribution >= 4 is 11.9 Å². The van der Waals surface area contributed by atoms with Gasteiger partial charge in [0.2, 0.25) is 0 Å². The molecule has 0 unspecified atom stereocenters. The maximum Gasteiger partial charge on any atom is 0.394 e. The van der Waals surface area contributed by atoms with Crippen molar-refractivity contribution in [3.8, 4) is 0 Å². The number of aliphatic carboxylic acids is 1. The van der Waals surface area contributed by atoms with E-state index in [0.717, 1.165) is 4.90 Å². The molecule has 0 saturated carbocycles. The number of likely N-dealkylation sites (tertiary alicyclic amines) is 1. The molecule has 9 heteroatoms. The van der Waals surface area contributed by atoms with Crippen LogP contribution in [-0.2, 0) is 4.79 Å². The number of rotatable bonds is 3. The van der Waals surface area contributed by atoms with Crippen molar-refractivity contribution in [1.29, 1.82) is 0 Å². The molecule has 1 saturated heterocycles. The third kappa shape index (κ3) is 3.07. The highest BCUT2D eigenvalue weighted by atomic mass is 19.4. The van der Waals surface area contributed by atoms with Crippen LogP contribution in [0, 0.1) is 11.8 Å². The first-order valence-electron chi connectivity index (χ1n) is 6.75. The molecule has 1 aliphatic rings. The number of nitrogens with one attached hydrogen (secondary N) is 1. The van der Waals surface area contributed by atoms with Gasteiger partial charge in [0.25, 0.3) is 5.91 Å². The van der Waals surface area contributed by atoms with E-state index in [4.69, 9.17) is 5.11 Å². The lowest BCUT2D eigenvalue weighted by Crippen LogP contribution is -2.34. The molecule has 122 valence electrons. The molecule has 22 heavy (non-hydrogen) atoms. The number of amides is 1. The number of aromatic amines is 1. The summed E-state index contributed by atoms with van der Waals surface area (Å²) in [5, 5.41) is 15.4. The van der Waals surface area contributed by atoms with Crippen molar-refractivity contribution < 1.29 is 27.9 Å². The Balaban J connectivity index is 2.19. The summed E-state index contributed by atoms with van der Waals surface area (Å²) in [6.45, 7) is 2.61. The molecule has 0 spiro atoms. The summed E-state index contributed by atoms with van der Waals surface area (Å²) in [5.41, 5.74) is 0.681. The number of carbonyl (C=O) groups excluding carboxylic acids is 1. The van der Waals surface area contributed by atoms with Crippen LogP contribution >= 0.6 is 0 Å². The van der Waals surface area contributed by atoms with Gasteiger partial charge >= 0.3 is 12.1 Å². The first-order chi connectivity index (χ1) is 10.1. The highest BCUT2D eigenvalue weighted by Crippen LogP contribution is 2.38. The molecule has 6 nitrogen and oxygen atoms in total. The van der Waals surface area contributed by atoms with Crippen molar-refractivity contribution in [2.45, 2.75) is 25.9 Å². The van der Waals surface area contributed by atoms with Crippen LogP contribution in [0.2, 0.25) is 0 Å². The van der Waals surface area contributed by atoms with Crippen molar-refractivity contribution in [3.05, 3.63) is 17.5 Å². The van der Waals surface area contributed by atoms with Crippen LogP contribution < -0.4 is 0 Å². The predicted octanol–water partition coefficient (Wildman–Crippen LogP) is 1.87. The molecule has 2 heterocycles. The number of carbonyl (C=O) groups is 2. The summed E-state index contributed by atoms with van der Waals surface area (Å²) >= 11 is 0. The Morgan fingerprint density at radius 1 is 1.41 bits per heavy atom. The number of nitrogens with zero attached hydrogens (tertiary/aromatic N) is 2. The zero-order chi connectivity index (χ0) is 16.7. The molecule has 2 N–H and O–H groups in total. The lowest BCUT2D eigenvalue weighted by atomic mass is 9.96. The van der Waals surface area contributed by atoms with Crippen LogP contribution in [0.15, 0.2) is 6.07 Å². The minimum absolute atomic E-state index is 0.00402. The number of aromatic nitrogens is 2. The van der Waals surface area contributed by atoms with E-state index in [1.165, 1.54) is 6.07 Å². The summed E-state index contributed by atoms with van der Waals surface area (Å²) < 4.78 is 38.7. The summed E-state index contributed by atoms with van der Waals surface area (Å²) in [5.74, 6) is -5.86. The first-order valence-corrected chi connectivity index (χ1v) is 6.75. The average molecular weight is 319 g/mol. The minimum atomic E-state index is -4.66. The molecule has 0 aromatic carbocycles. The smallest absolute Gasteiger partial charge is 0.394 e. The van der Waals surface area contributed by atoms with Gasteiger partial charge in [-0.1, -0.05) is 13.8 Å². The molecule has 2 rings (SSSR count). The molecular formula is C13H16F3N3O3. The highest BCUT2D eigenvalue weighted by molar-refractivity contribution is 5.93. The Morgan fingerprint density at radius 3 is 2.45 bits per heavy atom. The standard InChI is InChI=1S/C13H16F3N3O3/c1-6(2)9-3-10(18-17-9)11(20)19-4-7(12(21)22)8(5-19)13(14,15)16/h3,6-8H,4-5H2,1-2H3,(H,17,18)(H,21,22)/t7-,8-/m1/s1. The van der Waals surface area contributed by atoms with Crippen LogP contribution in [0.4, 0.5) is 13.2 Å². The third-order valence-corrected chi connectivity index (χ3v) is 3.78. The van der Waals surface area contributed by atoms with E-state index in [9.17, 15) is 22.8 Å². The van der Waals surface area contributed by atoms with Crippen LogP contribution in [0.3, 0.4) is 0 Å². The van der Waals surface area contributed by atoms with Gasteiger partial charge in [-0.15, -0.1) is 0 Å². The van der Waals surface area contributed by atoms with Gasteiger partial charge in [-0.2, -0.15) is 18.3 Å². The van der Waals surface area contributed by atoms with Gasteiger partial charge in [0, 0.05) is 18.8 Å². The van der Waals surface area contributed by atoms with E-state index in [1.807, 2.05) is 13.8 Å². The summed E-state index contributed by atoms with van der Waals surface area (Å²) in [6.07, 6.45) is -4.66. The van der Waals surface area contributed by atoms with Crippen molar-refractivity contribution in [3.63, 3.8) is 0 Å². The zero-order valence-corrected chi connectivity index (χ0v) is 12.0. The Kier molecular flexibility index (Phi) is 4.17. The van der Waals surface area contributed by atoms with Gasteiger partial charge in [-0.05, 0) is 12.0 Å². The number of hydrogen-bond donors (Lipinski definition) is 2. The van der Waals surface area contributed by atoms with Gasteiger partial charge in [0.05, 0.1) is 11.8 Å². The van der Waals surface area contributed by atoms with E-state index in [-0.39, 0.29) is 11.6 Å². The molecule has 0 radical (unpaired) electrons. The van der Waals surface area contributed by atoms with Crippen LogP contribution in [-0.4, -0.2) is 51.3 Å². The van der Waals surface area contributed by atoms with E-state index >= 15 is 0 Å². The number of carboxylic acid groups (broad SMARTS) is 1. The molecule has 1 aromatic heterocycles. The summed E-state index contributed by atoms with van der Waals surface area (Å²) in [7, 11) is 0. The third-order valence-electron chi connectivity index (χ3n) is 3.78. The largest absolute Gasteiger partial charge is 0.481 e. The number of halogens is 3. The number of alkyl halides is 3. The molecule has 0 bridgehead atoms. The Hall–Kier alpha value is -2.06. The molecule has 1 aromatic rings. The Morgan fingerprint density at radius 2 is 2.05 bits per heavy atom. The van der Waals surface area contributed by atoms with E-state index < -0.39 is 43.0 Å². The van der Waals surface area contributed by atoms with Gasteiger partial charge in [0.15, 0.2) is 0 Å². The number of hydrogen-bond acceptors (Lipinski definition) is 3. The molecule has 1 aliphatic heterocycles. The minimum Gasteiger partial charge on any atom is -0.481 e. The fraction of sp³-hybridized carbons (Fsp3) is 0.615.